The number of hydrogen-bond acceptors (Lipinski definition) is 6. The van der Waals surface area contributed by atoms with Gasteiger partial charge in [0.25, 0.3) is 0 Å². The Morgan fingerprint density at radius 1 is 1.11 bits per heavy atom. The Bertz CT molecular complexity index is 1160. The quantitative estimate of drug-likeness (QED) is 0.276. The molecule has 0 saturated carbocycles. The highest BCUT2D eigenvalue weighted by molar-refractivity contribution is 7.87. The van der Waals surface area contributed by atoms with Gasteiger partial charge in [-0.1, -0.05) is 36.4 Å². The summed E-state index contributed by atoms with van der Waals surface area (Å²) >= 11 is 4.66. The van der Waals surface area contributed by atoms with Gasteiger partial charge < -0.3 is 14.7 Å². The number of thiocarbonyl (C=S) groups is 1. The van der Waals surface area contributed by atoms with E-state index in [1.165, 1.54) is 25.5 Å². The molecular weight excluding hydrogens is 398 g/mol. The lowest BCUT2D eigenvalue weighted by Gasteiger charge is -2.12. The van der Waals surface area contributed by atoms with Crippen molar-refractivity contribution in [3.63, 3.8) is 0 Å². The summed E-state index contributed by atoms with van der Waals surface area (Å²) < 4.78 is 36.4. The molecule has 28 heavy (non-hydrogen) atoms. The molecule has 0 atom stereocenters. The number of ether oxygens (including phenoxy) is 1. The van der Waals surface area contributed by atoms with Crippen molar-refractivity contribution < 1.29 is 17.3 Å². The van der Waals surface area contributed by atoms with Gasteiger partial charge in [-0.15, -0.1) is 0 Å². The van der Waals surface area contributed by atoms with Crippen LogP contribution in [-0.4, -0.2) is 26.9 Å². The molecule has 3 aromatic carbocycles. The molecule has 0 heterocycles. The van der Waals surface area contributed by atoms with Crippen LogP contribution >= 0.6 is 12.2 Å². The molecular formula is C19H17N3O4S2. The van der Waals surface area contributed by atoms with Crippen molar-refractivity contribution in [2.75, 3.05) is 7.11 Å². The van der Waals surface area contributed by atoms with E-state index in [4.69, 9.17) is 14.7 Å². The second-order valence-electron chi connectivity index (χ2n) is 5.66. The van der Waals surface area contributed by atoms with E-state index in [2.05, 4.69) is 22.7 Å². The Morgan fingerprint density at radius 3 is 2.61 bits per heavy atom. The Hall–Kier alpha value is -3.17. The Balaban J connectivity index is 1.93. The first-order chi connectivity index (χ1) is 13.4. The van der Waals surface area contributed by atoms with Crippen LogP contribution in [0.25, 0.3) is 10.8 Å². The average molecular weight is 415 g/mol. The fourth-order valence-electron chi connectivity index (χ4n) is 2.58. The highest BCUT2D eigenvalue weighted by Gasteiger charge is 2.21. The largest absolute Gasteiger partial charge is 0.493 e. The predicted molar refractivity (Wildman–Crippen MR) is 112 cm³/mol. The zero-order valence-electron chi connectivity index (χ0n) is 14.8. The maximum Gasteiger partial charge on any atom is 0.339 e. The molecule has 0 aromatic heterocycles. The van der Waals surface area contributed by atoms with Crippen LogP contribution in [0.2, 0.25) is 0 Å². The van der Waals surface area contributed by atoms with E-state index in [0.29, 0.717) is 10.9 Å². The molecule has 3 aromatic rings. The summed E-state index contributed by atoms with van der Waals surface area (Å²) in [5.74, 6) is 0.304. The van der Waals surface area contributed by atoms with Gasteiger partial charge in [-0.05, 0) is 47.4 Å². The first-order valence-corrected chi connectivity index (χ1v) is 9.91. The normalized spacial score (nSPS) is 11.5. The van der Waals surface area contributed by atoms with Crippen LogP contribution in [0, 0.1) is 0 Å². The van der Waals surface area contributed by atoms with Crippen molar-refractivity contribution in [1.29, 1.82) is 0 Å². The molecule has 144 valence electrons. The molecule has 0 aliphatic heterocycles. The summed E-state index contributed by atoms with van der Waals surface area (Å²) in [5, 5.41) is 5.26. The van der Waals surface area contributed by atoms with Crippen LogP contribution < -0.4 is 20.1 Å². The molecule has 0 saturated heterocycles. The first kappa shape index (κ1) is 19.6. The van der Waals surface area contributed by atoms with Crippen molar-refractivity contribution in [2.24, 2.45) is 10.8 Å². The highest BCUT2D eigenvalue weighted by Crippen LogP contribution is 2.32. The summed E-state index contributed by atoms with van der Waals surface area (Å²) in [6.07, 6.45) is 1.46. The standard InChI is InChI=1S/C19H17N3O4S2/c1-25-17-11-13(12-21-22-19(20)27)9-10-16(17)26-28(23,24)18-8-4-6-14-5-2-3-7-15(14)18/h2-12H,1H3,(H3,20,22,27)/b21-12+. The summed E-state index contributed by atoms with van der Waals surface area (Å²) in [6.45, 7) is 0. The van der Waals surface area contributed by atoms with Crippen molar-refractivity contribution >= 4 is 44.4 Å². The van der Waals surface area contributed by atoms with Crippen LogP contribution in [0.3, 0.4) is 0 Å². The molecule has 0 unspecified atom stereocenters. The highest BCUT2D eigenvalue weighted by atomic mass is 32.2. The van der Waals surface area contributed by atoms with Gasteiger partial charge in [-0.3, -0.25) is 5.43 Å². The van der Waals surface area contributed by atoms with E-state index in [1.54, 1.807) is 30.3 Å². The number of methoxy groups -OCH3 is 1. The summed E-state index contributed by atoms with van der Waals surface area (Å²) in [6, 6.07) is 16.9. The van der Waals surface area contributed by atoms with Crippen LogP contribution in [0.4, 0.5) is 0 Å². The third-order valence-electron chi connectivity index (χ3n) is 3.79. The van der Waals surface area contributed by atoms with Crippen LogP contribution in [-0.2, 0) is 10.1 Å². The average Bonchev–Trinajstić information content (AvgIpc) is 2.68. The molecule has 3 rings (SSSR count). The SMILES string of the molecule is COc1cc(/C=N/NC(N)=S)ccc1OS(=O)(=O)c1cccc2ccccc12. The fraction of sp³-hybridized carbons (Fsp3) is 0.0526. The maximum absolute atomic E-state index is 12.9. The molecule has 0 fully saturated rings. The zero-order valence-corrected chi connectivity index (χ0v) is 16.5. The number of benzene rings is 3. The van der Waals surface area contributed by atoms with Crippen molar-refractivity contribution in [1.82, 2.24) is 5.43 Å². The Labute approximate surface area is 167 Å². The summed E-state index contributed by atoms with van der Waals surface area (Å²) in [4.78, 5) is 0.0824. The number of fused-ring (bicyclic) bond motifs is 1. The molecule has 9 heteroatoms. The van der Waals surface area contributed by atoms with E-state index >= 15 is 0 Å². The topological polar surface area (TPSA) is 103 Å². The van der Waals surface area contributed by atoms with Gasteiger partial charge in [0.2, 0.25) is 0 Å². The minimum Gasteiger partial charge on any atom is -0.493 e. The van der Waals surface area contributed by atoms with Gasteiger partial charge in [-0.25, -0.2) is 0 Å². The minimum absolute atomic E-state index is 0.0318. The lowest BCUT2D eigenvalue weighted by Crippen LogP contribution is -2.23. The van der Waals surface area contributed by atoms with Gasteiger partial charge in [0.15, 0.2) is 16.6 Å². The molecule has 0 radical (unpaired) electrons. The van der Waals surface area contributed by atoms with E-state index in [0.717, 1.165) is 5.39 Å². The fourth-order valence-corrected chi connectivity index (χ4v) is 3.80. The van der Waals surface area contributed by atoms with Gasteiger partial charge in [0.05, 0.1) is 13.3 Å². The Morgan fingerprint density at radius 2 is 1.86 bits per heavy atom. The molecule has 0 bridgehead atoms. The maximum atomic E-state index is 12.9. The minimum atomic E-state index is -4.07. The van der Waals surface area contributed by atoms with Crippen LogP contribution in [0.15, 0.2) is 70.7 Å². The first-order valence-electron chi connectivity index (χ1n) is 8.09. The van der Waals surface area contributed by atoms with Crippen LogP contribution in [0.5, 0.6) is 11.5 Å². The van der Waals surface area contributed by atoms with E-state index in [9.17, 15) is 8.42 Å². The number of nitrogens with two attached hydrogens (primary N) is 1. The molecule has 3 N–H and O–H groups in total. The second-order valence-corrected chi connectivity index (χ2v) is 7.61. The molecule has 0 spiro atoms. The number of hydrazone groups is 1. The molecule has 0 aliphatic carbocycles. The van der Waals surface area contributed by atoms with E-state index in [-0.39, 0.29) is 21.5 Å². The smallest absolute Gasteiger partial charge is 0.339 e. The van der Waals surface area contributed by atoms with Crippen molar-refractivity contribution in [3.8, 4) is 11.5 Å². The number of nitrogens with one attached hydrogen (secondary N) is 1. The molecule has 0 amide bonds. The lowest BCUT2D eigenvalue weighted by molar-refractivity contribution is 0.390. The molecule has 0 aliphatic rings. The monoisotopic (exact) mass is 415 g/mol. The third-order valence-corrected chi connectivity index (χ3v) is 5.18. The summed E-state index contributed by atoms with van der Waals surface area (Å²) in [7, 11) is -2.66. The zero-order chi connectivity index (χ0) is 20.1. The second kappa shape index (κ2) is 8.24. The van der Waals surface area contributed by atoms with Crippen LogP contribution in [0.1, 0.15) is 5.56 Å². The van der Waals surface area contributed by atoms with E-state index in [1.807, 2.05) is 18.2 Å². The lowest BCUT2D eigenvalue weighted by atomic mass is 10.1. The van der Waals surface area contributed by atoms with Gasteiger partial charge in [-0.2, -0.15) is 13.5 Å². The van der Waals surface area contributed by atoms with E-state index < -0.39 is 10.1 Å². The van der Waals surface area contributed by atoms with Gasteiger partial charge in [0.1, 0.15) is 4.90 Å². The Kier molecular flexibility index (Phi) is 5.76. The van der Waals surface area contributed by atoms with Crippen molar-refractivity contribution in [3.05, 3.63) is 66.2 Å². The number of nitrogens with zero attached hydrogens (tertiary/aromatic N) is 1. The van der Waals surface area contributed by atoms with Crippen molar-refractivity contribution in [2.45, 2.75) is 4.90 Å². The summed E-state index contributed by atoms with van der Waals surface area (Å²) in [5.41, 5.74) is 8.36. The predicted octanol–water partition coefficient (Wildman–Crippen LogP) is 2.78. The van der Waals surface area contributed by atoms with Gasteiger partial charge in [0, 0.05) is 5.39 Å². The molecule has 7 nitrogen and oxygen atoms in total. The third kappa shape index (κ3) is 4.38. The number of rotatable bonds is 6. The van der Waals surface area contributed by atoms with Gasteiger partial charge >= 0.3 is 10.1 Å². The number of hydrogen-bond donors (Lipinski definition) is 2.